The summed E-state index contributed by atoms with van der Waals surface area (Å²) in [5, 5.41) is 0. The van der Waals surface area contributed by atoms with E-state index in [4.69, 9.17) is 10.7 Å². The van der Waals surface area contributed by atoms with Gasteiger partial charge in [0.2, 0.25) is 0 Å². The lowest BCUT2D eigenvalue weighted by Gasteiger charge is -2.39. The van der Waals surface area contributed by atoms with E-state index in [0.29, 0.717) is 0 Å². The maximum absolute atomic E-state index is 11.6. The Morgan fingerprint density at radius 3 is 2.59 bits per heavy atom. The van der Waals surface area contributed by atoms with Gasteiger partial charge in [-0.3, -0.25) is 0 Å². The fraction of sp³-hybridized carbons (Fsp3) is 0.500. The normalized spacial score (nSPS) is 18.9. The predicted octanol–water partition coefficient (Wildman–Crippen LogP) is 2.63. The Morgan fingerprint density at radius 2 is 2.00 bits per heavy atom. The van der Waals surface area contributed by atoms with Crippen LogP contribution >= 0.6 is 10.7 Å². The van der Waals surface area contributed by atoms with Crippen molar-refractivity contribution in [3.05, 3.63) is 23.8 Å². The largest absolute Gasteiger partial charge is 0.373 e. The molecule has 0 N–H and O–H groups in total. The summed E-state index contributed by atoms with van der Waals surface area (Å²) in [6.07, 6.45) is 0.868. The number of hydrogen-bond donors (Lipinski definition) is 0. The van der Waals surface area contributed by atoms with Crippen molar-refractivity contribution >= 4 is 25.4 Å². The Bertz CT molecular complexity index is 552. The highest BCUT2D eigenvalue weighted by molar-refractivity contribution is 8.13. The summed E-state index contributed by atoms with van der Waals surface area (Å²) in [6.45, 7) is 5.17. The lowest BCUT2D eigenvalue weighted by atomic mass is 9.81. The topological polar surface area (TPSA) is 37.4 Å². The maximum Gasteiger partial charge on any atom is 0.263 e. The number of nitrogens with zero attached hydrogens (tertiary/aromatic N) is 1. The van der Waals surface area contributed by atoms with Gasteiger partial charge in [-0.1, -0.05) is 26.0 Å². The quantitative estimate of drug-likeness (QED) is 0.738. The molecule has 17 heavy (non-hydrogen) atoms. The lowest BCUT2D eigenvalue weighted by molar-refractivity contribution is 0.354. The number of hydrogen-bond acceptors (Lipinski definition) is 3. The highest BCUT2D eigenvalue weighted by Crippen LogP contribution is 2.39. The molecule has 1 aliphatic heterocycles. The molecule has 0 bridgehead atoms. The van der Waals surface area contributed by atoms with Crippen LogP contribution in [-0.4, -0.2) is 22.0 Å². The summed E-state index contributed by atoms with van der Waals surface area (Å²) >= 11 is 0. The third-order valence-corrected chi connectivity index (χ3v) is 4.41. The highest BCUT2D eigenvalue weighted by Gasteiger charge is 2.32. The van der Waals surface area contributed by atoms with E-state index in [9.17, 15) is 8.42 Å². The summed E-state index contributed by atoms with van der Waals surface area (Å²) in [5.74, 6) is 0. The van der Waals surface area contributed by atoms with E-state index in [1.807, 2.05) is 18.0 Å². The summed E-state index contributed by atoms with van der Waals surface area (Å²) in [5.41, 5.74) is 1.95. The number of anilines is 1. The van der Waals surface area contributed by atoms with Crippen molar-refractivity contribution in [1.29, 1.82) is 0 Å². The van der Waals surface area contributed by atoms with Crippen LogP contribution in [0.5, 0.6) is 0 Å². The Morgan fingerprint density at radius 1 is 1.35 bits per heavy atom. The van der Waals surface area contributed by atoms with Gasteiger partial charge in [0.05, 0.1) is 5.69 Å². The van der Waals surface area contributed by atoms with Gasteiger partial charge in [0.15, 0.2) is 0 Å². The van der Waals surface area contributed by atoms with Gasteiger partial charge in [-0.25, -0.2) is 8.42 Å². The molecule has 0 aromatic heterocycles. The summed E-state index contributed by atoms with van der Waals surface area (Å²) in [4.78, 5) is 2.20. The zero-order chi connectivity index (χ0) is 12.8. The van der Waals surface area contributed by atoms with Crippen molar-refractivity contribution in [1.82, 2.24) is 0 Å². The van der Waals surface area contributed by atoms with E-state index in [2.05, 4.69) is 13.8 Å². The van der Waals surface area contributed by atoms with Crippen LogP contribution in [0.25, 0.3) is 0 Å². The van der Waals surface area contributed by atoms with Crippen molar-refractivity contribution in [2.45, 2.75) is 25.2 Å². The van der Waals surface area contributed by atoms with Crippen LogP contribution < -0.4 is 4.90 Å². The number of halogens is 1. The molecule has 0 radical (unpaired) electrons. The van der Waals surface area contributed by atoms with Gasteiger partial charge in [-0.05, 0) is 23.5 Å². The van der Waals surface area contributed by atoms with Crippen LogP contribution in [0.1, 0.15) is 19.4 Å². The lowest BCUT2D eigenvalue weighted by Crippen LogP contribution is -2.38. The van der Waals surface area contributed by atoms with E-state index in [1.165, 1.54) is 0 Å². The molecule has 1 aromatic rings. The van der Waals surface area contributed by atoms with Crippen LogP contribution in [0.15, 0.2) is 23.1 Å². The van der Waals surface area contributed by atoms with Crippen molar-refractivity contribution in [3.63, 3.8) is 0 Å². The molecule has 0 spiro atoms. The van der Waals surface area contributed by atoms with E-state index in [-0.39, 0.29) is 10.3 Å². The molecule has 1 heterocycles. The minimum absolute atomic E-state index is 0.149. The molecule has 0 amide bonds. The SMILES string of the molecule is CN1CC(C)(C)Cc2cccc(S(=O)(=O)Cl)c21. The second-order valence-corrected chi connectivity index (χ2v) is 7.93. The van der Waals surface area contributed by atoms with Crippen molar-refractivity contribution in [2.75, 3.05) is 18.5 Å². The molecule has 1 aliphatic rings. The second kappa shape index (κ2) is 3.89. The van der Waals surface area contributed by atoms with Crippen LogP contribution in [0.4, 0.5) is 5.69 Å². The fourth-order valence-electron chi connectivity index (χ4n) is 2.63. The van der Waals surface area contributed by atoms with Crippen molar-refractivity contribution < 1.29 is 8.42 Å². The van der Waals surface area contributed by atoms with Gasteiger partial charge in [0.25, 0.3) is 9.05 Å². The molecule has 0 fully saturated rings. The van der Waals surface area contributed by atoms with Gasteiger partial charge in [-0.15, -0.1) is 0 Å². The smallest absolute Gasteiger partial charge is 0.263 e. The van der Waals surface area contributed by atoms with Gasteiger partial charge >= 0.3 is 0 Å². The molecular weight excluding hydrogens is 258 g/mol. The summed E-state index contributed by atoms with van der Waals surface area (Å²) in [6, 6.07) is 5.29. The third-order valence-electron chi connectivity index (χ3n) is 3.06. The summed E-state index contributed by atoms with van der Waals surface area (Å²) < 4.78 is 23.1. The zero-order valence-electron chi connectivity index (χ0n) is 10.2. The maximum atomic E-state index is 11.6. The Labute approximate surface area is 107 Å². The van der Waals surface area contributed by atoms with Crippen molar-refractivity contribution in [3.8, 4) is 0 Å². The zero-order valence-corrected chi connectivity index (χ0v) is 11.8. The van der Waals surface area contributed by atoms with Gasteiger partial charge in [-0.2, -0.15) is 0 Å². The van der Waals surface area contributed by atoms with Crippen LogP contribution in [0.2, 0.25) is 0 Å². The van der Waals surface area contributed by atoms with Gasteiger partial charge in [0, 0.05) is 24.3 Å². The molecule has 0 unspecified atom stereocenters. The molecule has 0 saturated heterocycles. The molecule has 2 rings (SSSR count). The first kappa shape index (κ1) is 12.7. The molecule has 1 aromatic carbocycles. The standard InChI is InChI=1S/C12H16ClNO2S/c1-12(2)7-9-5-4-6-10(17(13,15)16)11(9)14(3)8-12/h4-6H,7-8H2,1-3H3. The molecule has 0 aliphatic carbocycles. The molecule has 5 heteroatoms. The van der Waals surface area contributed by atoms with Gasteiger partial charge < -0.3 is 4.90 Å². The van der Waals surface area contributed by atoms with E-state index < -0.39 is 9.05 Å². The molecule has 0 saturated carbocycles. The van der Waals surface area contributed by atoms with E-state index >= 15 is 0 Å². The molecule has 3 nitrogen and oxygen atoms in total. The first-order valence-electron chi connectivity index (χ1n) is 5.48. The fourth-order valence-corrected chi connectivity index (χ4v) is 3.77. The molecule has 94 valence electrons. The average molecular weight is 274 g/mol. The number of para-hydroxylation sites is 1. The first-order chi connectivity index (χ1) is 7.71. The third kappa shape index (κ3) is 2.43. The first-order valence-corrected chi connectivity index (χ1v) is 7.79. The summed E-state index contributed by atoms with van der Waals surface area (Å²) in [7, 11) is 3.70. The minimum atomic E-state index is -3.68. The minimum Gasteiger partial charge on any atom is -0.373 e. The Kier molecular flexibility index (Phi) is 2.91. The van der Waals surface area contributed by atoms with Gasteiger partial charge in [0.1, 0.15) is 4.90 Å². The van der Waals surface area contributed by atoms with E-state index in [1.54, 1.807) is 12.1 Å². The predicted molar refractivity (Wildman–Crippen MR) is 70.2 cm³/mol. The number of rotatable bonds is 1. The highest BCUT2D eigenvalue weighted by atomic mass is 35.7. The molecule has 0 atom stereocenters. The number of fused-ring (bicyclic) bond motifs is 1. The second-order valence-electron chi connectivity index (χ2n) is 5.40. The average Bonchev–Trinajstić information content (AvgIpc) is 2.13. The number of benzene rings is 1. The Hall–Kier alpha value is -0.740. The monoisotopic (exact) mass is 273 g/mol. The molecular formula is C12H16ClNO2S. The van der Waals surface area contributed by atoms with Crippen molar-refractivity contribution in [2.24, 2.45) is 5.41 Å². The van der Waals surface area contributed by atoms with E-state index in [0.717, 1.165) is 24.2 Å². The van der Waals surface area contributed by atoms with Crippen LogP contribution in [0.3, 0.4) is 0 Å². The van der Waals surface area contributed by atoms with Crippen LogP contribution in [0, 0.1) is 5.41 Å². The van der Waals surface area contributed by atoms with Crippen LogP contribution in [-0.2, 0) is 15.5 Å². The Balaban J connectivity index is 2.64.